The Morgan fingerprint density at radius 3 is 2.60 bits per heavy atom. The van der Waals surface area contributed by atoms with E-state index >= 15 is 0 Å². The summed E-state index contributed by atoms with van der Waals surface area (Å²) >= 11 is 0.930. The number of nitrogens with zero attached hydrogens (tertiary/aromatic N) is 1. The van der Waals surface area contributed by atoms with Crippen LogP contribution in [0.2, 0.25) is 0 Å². The Morgan fingerprint density at radius 2 is 1.95 bits per heavy atom. The Hall–Kier alpha value is -1.99. The minimum atomic E-state index is -0.608. The number of halogens is 2. The maximum Gasteiger partial charge on any atom is 0.274 e. The van der Waals surface area contributed by atoms with Crippen LogP contribution in [0, 0.1) is 21.7 Å². The molecule has 0 aliphatic rings. The summed E-state index contributed by atoms with van der Waals surface area (Å²) in [6, 6.07) is 7.09. The molecule has 0 heterocycles. The predicted molar refractivity (Wildman–Crippen MR) is 69.5 cm³/mol. The minimum absolute atomic E-state index is 0.0720. The Balaban J connectivity index is 2.34. The largest absolute Gasteiger partial charge is 0.391 e. The lowest BCUT2D eigenvalue weighted by atomic mass is 10.2. The first-order valence-electron chi connectivity index (χ1n) is 5.52. The van der Waals surface area contributed by atoms with Gasteiger partial charge in [-0.05, 0) is 30.3 Å². The van der Waals surface area contributed by atoms with Crippen LogP contribution in [0.4, 0.5) is 14.5 Å². The van der Waals surface area contributed by atoms with Gasteiger partial charge in [-0.25, -0.2) is 8.78 Å². The van der Waals surface area contributed by atoms with Gasteiger partial charge >= 0.3 is 0 Å². The summed E-state index contributed by atoms with van der Waals surface area (Å²) in [7, 11) is 0. The predicted octanol–water partition coefficient (Wildman–Crippen LogP) is 3.52. The molecule has 0 radical (unpaired) electrons. The van der Waals surface area contributed by atoms with Crippen molar-refractivity contribution in [1.29, 1.82) is 0 Å². The van der Waals surface area contributed by atoms with E-state index in [1.807, 2.05) is 0 Å². The second-order valence-corrected chi connectivity index (χ2v) is 5.00. The van der Waals surface area contributed by atoms with Gasteiger partial charge in [-0.2, -0.15) is 0 Å². The first-order chi connectivity index (χ1) is 9.51. The van der Waals surface area contributed by atoms with Crippen molar-refractivity contribution in [3.8, 4) is 0 Å². The van der Waals surface area contributed by atoms with Crippen molar-refractivity contribution in [2.75, 3.05) is 0 Å². The van der Waals surface area contributed by atoms with Crippen LogP contribution in [0.1, 0.15) is 5.56 Å². The van der Waals surface area contributed by atoms with Crippen LogP contribution in [0.15, 0.2) is 46.2 Å². The van der Waals surface area contributed by atoms with Crippen molar-refractivity contribution in [1.82, 2.24) is 0 Å². The molecule has 2 aromatic carbocycles. The van der Waals surface area contributed by atoms with E-state index in [1.54, 1.807) is 0 Å². The Bertz CT molecular complexity index is 664. The lowest BCUT2D eigenvalue weighted by molar-refractivity contribution is -0.385. The fourth-order valence-electron chi connectivity index (χ4n) is 1.61. The average molecular weight is 297 g/mol. The zero-order chi connectivity index (χ0) is 14.7. The van der Waals surface area contributed by atoms with Crippen LogP contribution in [0.25, 0.3) is 0 Å². The average Bonchev–Trinajstić information content (AvgIpc) is 2.42. The molecular weight excluding hydrogens is 288 g/mol. The molecule has 0 aromatic heterocycles. The van der Waals surface area contributed by atoms with Crippen molar-refractivity contribution in [2.24, 2.45) is 0 Å². The second kappa shape index (κ2) is 5.98. The summed E-state index contributed by atoms with van der Waals surface area (Å²) in [6.07, 6.45) is 0. The molecule has 0 saturated carbocycles. The molecule has 0 atom stereocenters. The van der Waals surface area contributed by atoms with Crippen LogP contribution < -0.4 is 0 Å². The number of benzene rings is 2. The topological polar surface area (TPSA) is 63.4 Å². The molecule has 104 valence electrons. The van der Waals surface area contributed by atoms with E-state index in [0.29, 0.717) is 4.90 Å². The summed E-state index contributed by atoms with van der Waals surface area (Å²) < 4.78 is 26.6. The van der Waals surface area contributed by atoms with E-state index in [0.717, 1.165) is 30.0 Å². The van der Waals surface area contributed by atoms with E-state index < -0.39 is 23.2 Å². The number of hydrogen-bond donors (Lipinski definition) is 1. The molecule has 4 nitrogen and oxygen atoms in total. The van der Waals surface area contributed by atoms with Gasteiger partial charge in [-0.1, -0.05) is 11.8 Å². The number of rotatable bonds is 4. The van der Waals surface area contributed by atoms with Crippen LogP contribution >= 0.6 is 11.8 Å². The fourth-order valence-corrected chi connectivity index (χ4v) is 2.54. The molecule has 1 N–H and O–H groups in total. The van der Waals surface area contributed by atoms with Gasteiger partial charge in [-0.15, -0.1) is 0 Å². The highest BCUT2D eigenvalue weighted by atomic mass is 32.2. The van der Waals surface area contributed by atoms with Gasteiger partial charge in [-0.3, -0.25) is 10.1 Å². The Morgan fingerprint density at radius 1 is 1.20 bits per heavy atom. The third-order valence-electron chi connectivity index (χ3n) is 2.54. The SMILES string of the molecule is O=[N+]([O-])c1ccc(Sc2cc(F)ccc2F)cc1CO. The number of hydrogen-bond acceptors (Lipinski definition) is 4. The molecule has 0 spiro atoms. The highest BCUT2D eigenvalue weighted by molar-refractivity contribution is 7.99. The summed E-state index contributed by atoms with van der Waals surface area (Å²) in [5, 5.41) is 19.8. The quantitative estimate of drug-likeness (QED) is 0.693. The highest BCUT2D eigenvalue weighted by Gasteiger charge is 2.14. The van der Waals surface area contributed by atoms with E-state index in [4.69, 9.17) is 5.11 Å². The lowest BCUT2D eigenvalue weighted by Gasteiger charge is -2.05. The molecule has 0 fully saturated rings. The zero-order valence-corrected chi connectivity index (χ0v) is 10.9. The molecule has 0 aliphatic heterocycles. The van der Waals surface area contributed by atoms with Gasteiger partial charge < -0.3 is 5.11 Å². The first-order valence-corrected chi connectivity index (χ1v) is 6.34. The summed E-state index contributed by atoms with van der Waals surface area (Å²) in [5.41, 5.74) is -0.0895. The van der Waals surface area contributed by atoms with Gasteiger partial charge in [0.1, 0.15) is 11.6 Å². The molecule has 20 heavy (non-hydrogen) atoms. The molecule has 0 aliphatic carbocycles. The molecule has 0 amide bonds. The third kappa shape index (κ3) is 3.12. The minimum Gasteiger partial charge on any atom is -0.391 e. The van der Waals surface area contributed by atoms with Gasteiger partial charge in [0.15, 0.2) is 0 Å². The maximum atomic E-state index is 13.5. The van der Waals surface area contributed by atoms with E-state index in [-0.39, 0.29) is 16.1 Å². The van der Waals surface area contributed by atoms with Gasteiger partial charge in [0.05, 0.1) is 22.0 Å². The number of nitro groups is 1. The van der Waals surface area contributed by atoms with E-state index in [9.17, 15) is 18.9 Å². The third-order valence-corrected chi connectivity index (χ3v) is 3.56. The van der Waals surface area contributed by atoms with Crippen molar-refractivity contribution in [2.45, 2.75) is 16.4 Å². The molecule has 0 bridgehead atoms. The Labute approximate surface area is 117 Å². The van der Waals surface area contributed by atoms with E-state index in [2.05, 4.69) is 0 Å². The normalized spacial score (nSPS) is 10.6. The van der Waals surface area contributed by atoms with Crippen LogP contribution in [0.3, 0.4) is 0 Å². The van der Waals surface area contributed by atoms with Crippen LogP contribution in [-0.4, -0.2) is 10.0 Å². The molecule has 0 unspecified atom stereocenters. The molecule has 2 rings (SSSR count). The Kier molecular flexibility index (Phi) is 4.31. The zero-order valence-electron chi connectivity index (χ0n) is 10.0. The molecule has 2 aromatic rings. The number of aliphatic hydroxyl groups is 1. The summed E-state index contributed by atoms with van der Waals surface area (Å²) in [4.78, 5) is 10.7. The highest BCUT2D eigenvalue weighted by Crippen LogP contribution is 2.33. The van der Waals surface area contributed by atoms with Gasteiger partial charge in [0, 0.05) is 11.0 Å². The standard InChI is InChI=1S/C13H9F2NO3S/c14-9-1-3-11(15)13(6-9)20-10-2-4-12(16(18)19)8(5-10)7-17/h1-6,17H,7H2. The van der Waals surface area contributed by atoms with Crippen molar-refractivity contribution < 1.29 is 18.8 Å². The van der Waals surface area contributed by atoms with Gasteiger partial charge in [0.25, 0.3) is 5.69 Å². The van der Waals surface area contributed by atoms with Crippen molar-refractivity contribution in [3.05, 3.63) is 63.7 Å². The van der Waals surface area contributed by atoms with Crippen LogP contribution in [0.5, 0.6) is 0 Å². The van der Waals surface area contributed by atoms with Crippen LogP contribution in [-0.2, 0) is 6.61 Å². The van der Waals surface area contributed by atoms with Crippen molar-refractivity contribution >= 4 is 17.4 Å². The number of nitro benzene ring substituents is 1. The summed E-state index contributed by atoms with van der Waals surface area (Å²) in [6.45, 7) is -0.504. The molecular formula is C13H9F2NO3S. The van der Waals surface area contributed by atoms with Gasteiger partial charge in [0.2, 0.25) is 0 Å². The molecule has 0 saturated heterocycles. The van der Waals surface area contributed by atoms with E-state index in [1.165, 1.54) is 18.2 Å². The second-order valence-electron chi connectivity index (χ2n) is 3.88. The lowest BCUT2D eigenvalue weighted by Crippen LogP contribution is -1.95. The first kappa shape index (κ1) is 14.4. The smallest absolute Gasteiger partial charge is 0.274 e. The van der Waals surface area contributed by atoms with Crippen molar-refractivity contribution in [3.63, 3.8) is 0 Å². The summed E-state index contributed by atoms with van der Waals surface area (Å²) in [5.74, 6) is -1.15. The number of aliphatic hydroxyl groups excluding tert-OH is 1. The fraction of sp³-hybridized carbons (Fsp3) is 0.0769. The monoisotopic (exact) mass is 297 g/mol. The molecule has 7 heteroatoms. The maximum absolute atomic E-state index is 13.5.